The molecule has 4 rings (SSSR count). The highest BCUT2D eigenvalue weighted by Gasteiger charge is 2.16. The van der Waals surface area contributed by atoms with Crippen LogP contribution in [0.25, 0.3) is 33.0 Å². The van der Waals surface area contributed by atoms with Gasteiger partial charge in [-0.15, -0.1) is 0 Å². The Kier molecular flexibility index (Phi) is 5.00. The van der Waals surface area contributed by atoms with Gasteiger partial charge in [0.2, 0.25) is 0 Å². The molecule has 0 atom stereocenters. The predicted molar refractivity (Wildman–Crippen MR) is 104 cm³/mol. The Hall–Kier alpha value is -2.86. The first-order valence-electron chi connectivity index (χ1n) is 8.13. The molecule has 4 aromatic rings. The monoisotopic (exact) mass is 349 g/mol. The Morgan fingerprint density at radius 2 is 1.68 bits per heavy atom. The van der Waals surface area contributed by atoms with E-state index in [1.807, 2.05) is 63.2 Å². The maximum Gasteiger partial charge on any atom is 0.181 e. The average molecular weight is 349 g/mol. The first kappa shape index (κ1) is 17.0. The zero-order valence-electron chi connectivity index (χ0n) is 14.4. The minimum Gasteiger partial charge on any atom is -0.375 e. The molecule has 2 N–H and O–H groups in total. The molecule has 0 bridgehead atoms. The lowest BCUT2D eigenvalue weighted by Gasteiger charge is -2.04. The molecule has 0 saturated heterocycles. The van der Waals surface area contributed by atoms with Gasteiger partial charge in [0.05, 0.1) is 27.3 Å². The summed E-state index contributed by atoms with van der Waals surface area (Å²) in [5.74, 6) is 0. The fraction of sp³-hybridized carbons (Fsp3) is 0.158. The second-order valence-electron chi connectivity index (χ2n) is 5.13. The fourth-order valence-corrected chi connectivity index (χ4v) is 3.25. The molecule has 4 aromatic heterocycles. The number of aryl methyl sites for hydroxylation is 1. The van der Waals surface area contributed by atoms with Crippen molar-refractivity contribution in [2.24, 2.45) is 0 Å². The number of anilines is 1. The lowest BCUT2D eigenvalue weighted by molar-refractivity contribution is 1.19. The number of hydrogen-bond donors (Lipinski definition) is 1. The molecule has 0 saturated carbocycles. The van der Waals surface area contributed by atoms with Crippen LogP contribution >= 0.6 is 11.3 Å². The molecule has 0 aromatic carbocycles. The normalized spacial score (nSPS) is 10.4. The van der Waals surface area contributed by atoms with Crippen LogP contribution in [0.15, 0.2) is 48.7 Å². The van der Waals surface area contributed by atoms with Gasteiger partial charge in [0.25, 0.3) is 0 Å². The number of fused-ring (bicyclic) bond motifs is 1. The van der Waals surface area contributed by atoms with Gasteiger partial charge in [-0.1, -0.05) is 31.3 Å². The van der Waals surface area contributed by atoms with Crippen LogP contribution in [0, 0.1) is 6.92 Å². The molecule has 0 unspecified atom stereocenters. The lowest BCUT2D eigenvalue weighted by Crippen LogP contribution is -1.91. The van der Waals surface area contributed by atoms with Crippen molar-refractivity contribution in [3.63, 3.8) is 0 Å². The Balaban J connectivity index is 0.000000880. The van der Waals surface area contributed by atoms with E-state index in [9.17, 15) is 0 Å². The molecule has 0 aliphatic rings. The second kappa shape index (κ2) is 7.36. The Bertz CT molecular complexity index is 1010. The summed E-state index contributed by atoms with van der Waals surface area (Å²) >= 11 is 1.42. The van der Waals surface area contributed by atoms with Crippen LogP contribution in [-0.4, -0.2) is 19.9 Å². The first-order chi connectivity index (χ1) is 12.2. The minimum atomic E-state index is 0.506. The Morgan fingerprint density at radius 3 is 2.48 bits per heavy atom. The summed E-state index contributed by atoms with van der Waals surface area (Å²) < 4.78 is 0. The van der Waals surface area contributed by atoms with Crippen LogP contribution in [0.3, 0.4) is 0 Å². The van der Waals surface area contributed by atoms with E-state index in [-0.39, 0.29) is 0 Å². The molecule has 25 heavy (non-hydrogen) atoms. The third-order valence-corrected chi connectivity index (χ3v) is 4.37. The molecular formula is C19H19N5S. The van der Waals surface area contributed by atoms with Crippen molar-refractivity contribution >= 4 is 27.5 Å². The van der Waals surface area contributed by atoms with Gasteiger partial charge < -0.3 is 5.73 Å². The Morgan fingerprint density at radius 1 is 0.840 bits per heavy atom. The minimum absolute atomic E-state index is 0.506. The van der Waals surface area contributed by atoms with Crippen molar-refractivity contribution < 1.29 is 0 Å². The van der Waals surface area contributed by atoms with Gasteiger partial charge in [0.15, 0.2) is 5.13 Å². The third-order valence-electron chi connectivity index (χ3n) is 3.46. The number of rotatable bonds is 2. The quantitative estimate of drug-likeness (QED) is 0.566. The average Bonchev–Trinajstić information content (AvgIpc) is 3.05. The van der Waals surface area contributed by atoms with Crippen LogP contribution in [0.4, 0.5) is 5.13 Å². The maximum atomic E-state index is 5.94. The van der Waals surface area contributed by atoms with Crippen molar-refractivity contribution in [3.8, 4) is 22.0 Å². The topological polar surface area (TPSA) is 77.6 Å². The zero-order valence-corrected chi connectivity index (χ0v) is 15.2. The summed E-state index contributed by atoms with van der Waals surface area (Å²) in [6.45, 7) is 5.96. The number of nitrogen functional groups attached to an aromatic ring is 1. The number of nitrogens with zero attached hydrogens (tertiary/aromatic N) is 4. The molecule has 0 radical (unpaired) electrons. The number of nitrogens with two attached hydrogens (primary N) is 1. The molecule has 0 aliphatic heterocycles. The van der Waals surface area contributed by atoms with Crippen LogP contribution in [-0.2, 0) is 0 Å². The summed E-state index contributed by atoms with van der Waals surface area (Å²) in [5, 5.41) is 0.506. The molecule has 6 heteroatoms. The summed E-state index contributed by atoms with van der Waals surface area (Å²) in [4.78, 5) is 18.9. The molecular weight excluding hydrogens is 330 g/mol. The molecule has 0 fully saturated rings. The van der Waals surface area contributed by atoms with Gasteiger partial charge in [-0.05, 0) is 43.3 Å². The molecule has 0 spiro atoms. The standard InChI is InChI=1S/C17H13N5S.C2H6/c1-10-4-2-5-13(20-10)15-16(23-17(18)22-15)14-8-7-11-12(21-14)6-3-9-19-11;1-2/h2-9H,1H3,(H2,18,22);1-2H3. The summed E-state index contributed by atoms with van der Waals surface area (Å²) in [6.07, 6.45) is 1.76. The SMILES string of the molecule is CC.Cc1cccc(-c2nc(N)sc2-c2ccc3ncccc3n2)n1. The van der Waals surface area contributed by atoms with Crippen LogP contribution in [0.1, 0.15) is 19.5 Å². The zero-order chi connectivity index (χ0) is 17.8. The first-order valence-corrected chi connectivity index (χ1v) is 8.95. The van der Waals surface area contributed by atoms with E-state index in [1.165, 1.54) is 11.3 Å². The second-order valence-corrected chi connectivity index (χ2v) is 6.16. The summed E-state index contributed by atoms with van der Waals surface area (Å²) in [5.41, 5.74) is 11.0. The fourth-order valence-electron chi connectivity index (χ4n) is 2.44. The lowest BCUT2D eigenvalue weighted by atomic mass is 10.2. The highest BCUT2D eigenvalue weighted by atomic mass is 32.1. The number of pyridine rings is 3. The largest absolute Gasteiger partial charge is 0.375 e. The van der Waals surface area contributed by atoms with Crippen LogP contribution in [0.2, 0.25) is 0 Å². The number of aromatic nitrogens is 4. The van der Waals surface area contributed by atoms with Gasteiger partial charge in [-0.25, -0.2) is 9.97 Å². The van der Waals surface area contributed by atoms with Gasteiger partial charge in [0, 0.05) is 11.9 Å². The summed E-state index contributed by atoms with van der Waals surface area (Å²) in [6, 6.07) is 13.6. The molecule has 126 valence electrons. The van der Waals surface area contributed by atoms with Gasteiger partial charge in [-0.2, -0.15) is 0 Å². The Labute approximate surface area is 150 Å². The van der Waals surface area contributed by atoms with Crippen LogP contribution < -0.4 is 5.73 Å². The van der Waals surface area contributed by atoms with Crippen molar-refractivity contribution in [1.82, 2.24) is 19.9 Å². The van der Waals surface area contributed by atoms with Crippen LogP contribution in [0.5, 0.6) is 0 Å². The predicted octanol–water partition coefficient (Wildman–Crippen LogP) is 4.73. The van der Waals surface area contributed by atoms with E-state index in [4.69, 9.17) is 10.7 Å². The van der Waals surface area contributed by atoms with E-state index in [0.717, 1.165) is 38.7 Å². The van der Waals surface area contributed by atoms with Gasteiger partial charge in [-0.3, -0.25) is 9.97 Å². The molecule has 5 nitrogen and oxygen atoms in total. The molecule has 4 heterocycles. The van der Waals surface area contributed by atoms with E-state index in [0.29, 0.717) is 5.13 Å². The van der Waals surface area contributed by atoms with Crippen molar-refractivity contribution in [1.29, 1.82) is 0 Å². The van der Waals surface area contributed by atoms with Crippen molar-refractivity contribution in [2.75, 3.05) is 5.73 Å². The maximum absolute atomic E-state index is 5.94. The van der Waals surface area contributed by atoms with E-state index >= 15 is 0 Å². The van der Waals surface area contributed by atoms with E-state index in [1.54, 1.807) is 6.20 Å². The van der Waals surface area contributed by atoms with Gasteiger partial charge in [0.1, 0.15) is 5.69 Å². The third kappa shape index (κ3) is 3.49. The highest BCUT2D eigenvalue weighted by molar-refractivity contribution is 7.19. The van der Waals surface area contributed by atoms with E-state index < -0.39 is 0 Å². The number of thiazole rings is 1. The van der Waals surface area contributed by atoms with Crippen molar-refractivity contribution in [3.05, 3.63) is 54.4 Å². The smallest absolute Gasteiger partial charge is 0.181 e. The number of hydrogen-bond acceptors (Lipinski definition) is 6. The highest BCUT2D eigenvalue weighted by Crippen LogP contribution is 2.36. The van der Waals surface area contributed by atoms with Gasteiger partial charge >= 0.3 is 0 Å². The van der Waals surface area contributed by atoms with E-state index in [2.05, 4.69) is 15.0 Å². The molecule has 0 amide bonds. The van der Waals surface area contributed by atoms with Crippen molar-refractivity contribution in [2.45, 2.75) is 20.8 Å². The molecule has 0 aliphatic carbocycles. The summed E-state index contributed by atoms with van der Waals surface area (Å²) in [7, 11) is 0.